The number of hydrogen-bond acceptors (Lipinski definition) is 4. The standard InChI is InChI=1S/C14H8Cl3F3N2O3/c1-22-13(17)10(12(21-22)14(18,19)20)11(24)9(5-23)25-8-3-6(15)2-7(16)4-8/h2-5,23H,1H3/b9-5+. The third kappa shape index (κ3) is 4.20. The number of aliphatic hydroxyl groups excluding tert-OH is 1. The molecule has 1 aromatic heterocycles. The molecule has 2 aromatic rings. The first-order valence-electron chi connectivity index (χ1n) is 6.37. The van der Waals surface area contributed by atoms with Gasteiger partial charge < -0.3 is 9.84 Å². The summed E-state index contributed by atoms with van der Waals surface area (Å²) >= 11 is 17.3. The lowest BCUT2D eigenvalue weighted by Gasteiger charge is -2.10. The topological polar surface area (TPSA) is 64.4 Å². The Kier molecular flexibility index (Phi) is 5.55. The lowest BCUT2D eigenvalue weighted by atomic mass is 10.1. The Morgan fingerprint density at radius 1 is 1.24 bits per heavy atom. The monoisotopic (exact) mass is 414 g/mol. The second-order valence-electron chi connectivity index (χ2n) is 4.67. The van der Waals surface area contributed by atoms with E-state index >= 15 is 0 Å². The van der Waals surface area contributed by atoms with E-state index in [1.165, 1.54) is 18.2 Å². The fourth-order valence-electron chi connectivity index (χ4n) is 1.87. The van der Waals surface area contributed by atoms with Crippen molar-refractivity contribution in [2.45, 2.75) is 6.18 Å². The predicted molar refractivity (Wildman–Crippen MR) is 85.4 cm³/mol. The predicted octanol–water partition coefficient (Wildman–Crippen LogP) is 5.06. The van der Waals surface area contributed by atoms with E-state index in [4.69, 9.17) is 39.5 Å². The number of benzene rings is 1. The van der Waals surface area contributed by atoms with E-state index in [1.54, 1.807) is 0 Å². The van der Waals surface area contributed by atoms with Crippen molar-refractivity contribution in [1.29, 1.82) is 0 Å². The van der Waals surface area contributed by atoms with Gasteiger partial charge in [0.25, 0.3) is 0 Å². The van der Waals surface area contributed by atoms with Crippen molar-refractivity contribution in [3.8, 4) is 5.75 Å². The normalized spacial score (nSPS) is 12.4. The van der Waals surface area contributed by atoms with Gasteiger partial charge in [-0.2, -0.15) is 18.3 Å². The Labute approximate surface area is 154 Å². The molecule has 25 heavy (non-hydrogen) atoms. The summed E-state index contributed by atoms with van der Waals surface area (Å²) in [5.41, 5.74) is -2.46. The van der Waals surface area contributed by atoms with Crippen LogP contribution < -0.4 is 4.74 Å². The van der Waals surface area contributed by atoms with Gasteiger partial charge in [-0.05, 0) is 18.2 Å². The second-order valence-corrected chi connectivity index (χ2v) is 5.90. The van der Waals surface area contributed by atoms with Gasteiger partial charge in [0.1, 0.15) is 17.2 Å². The van der Waals surface area contributed by atoms with E-state index in [2.05, 4.69) is 5.10 Å². The molecule has 0 fully saturated rings. The van der Waals surface area contributed by atoms with Crippen LogP contribution in [0.4, 0.5) is 13.2 Å². The van der Waals surface area contributed by atoms with Crippen molar-refractivity contribution in [2.24, 2.45) is 7.05 Å². The minimum atomic E-state index is -4.93. The zero-order valence-corrected chi connectivity index (χ0v) is 14.5. The van der Waals surface area contributed by atoms with Gasteiger partial charge in [0, 0.05) is 17.1 Å². The number of ketones is 1. The molecule has 134 valence electrons. The van der Waals surface area contributed by atoms with Gasteiger partial charge in [-0.15, -0.1) is 0 Å². The fourth-order valence-corrected chi connectivity index (χ4v) is 2.59. The number of Topliss-reactive ketones (excluding diaryl/α,β-unsaturated/α-hetero) is 1. The van der Waals surface area contributed by atoms with Crippen LogP contribution in [-0.2, 0) is 13.2 Å². The lowest BCUT2D eigenvalue weighted by molar-refractivity contribution is -0.141. The Hall–Kier alpha value is -1.90. The third-order valence-electron chi connectivity index (χ3n) is 2.88. The van der Waals surface area contributed by atoms with Gasteiger partial charge >= 0.3 is 6.18 Å². The van der Waals surface area contributed by atoms with Crippen LogP contribution in [0.3, 0.4) is 0 Å². The highest BCUT2D eigenvalue weighted by atomic mass is 35.5. The third-order valence-corrected chi connectivity index (χ3v) is 3.75. The molecular weight excluding hydrogens is 408 g/mol. The van der Waals surface area contributed by atoms with Gasteiger partial charge in [-0.3, -0.25) is 9.48 Å². The molecule has 0 saturated heterocycles. The fraction of sp³-hybridized carbons (Fsp3) is 0.143. The van der Waals surface area contributed by atoms with E-state index in [-0.39, 0.29) is 22.1 Å². The van der Waals surface area contributed by atoms with Crippen molar-refractivity contribution in [3.05, 3.63) is 56.7 Å². The van der Waals surface area contributed by atoms with Gasteiger partial charge in [0.2, 0.25) is 11.5 Å². The van der Waals surface area contributed by atoms with Crippen LogP contribution in [0.15, 0.2) is 30.2 Å². The number of hydrogen-bond donors (Lipinski definition) is 1. The summed E-state index contributed by atoms with van der Waals surface area (Å²) in [6.07, 6.45) is -4.73. The van der Waals surface area contributed by atoms with Gasteiger partial charge in [-0.1, -0.05) is 34.8 Å². The summed E-state index contributed by atoms with van der Waals surface area (Å²) < 4.78 is 45.0. The Bertz CT molecular complexity index is 843. The SMILES string of the molecule is Cn1nc(C(F)(F)F)c(C(=O)/C(=C\O)Oc2cc(Cl)cc(Cl)c2)c1Cl. The molecular formula is C14H8Cl3F3N2O3. The summed E-state index contributed by atoms with van der Waals surface area (Å²) in [6, 6.07) is 3.87. The largest absolute Gasteiger partial charge is 0.512 e. The molecule has 0 radical (unpaired) electrons. The first kappa shape index (κ1) is 19.4. The Balaban J connectivity index is 2.45. The maximum absolute atomic E-state index is 13.1. The van der Waals surface area contributed by atoms with E-state index in [1.807, 2.05) is 0 Å². The molecule has 1 heterocycles. The minimum Gasteiger partial charge on any atom is -0.512 e. The number of carbonyl (C=O) groups is 1. The number of carbonyl (C=O) groups excluding carboxylic acids is 1. The number of aromatic nitrogens is 2. The lowest BCUT2D eigenvalue weighted by Crippen LogP contribution is -2.16. The van der Waals surface area contributed by atoms with E-state index in [0.29, 0.717) is 4.68 Å². The summed E-state index contributed by atoms with van der Waals surface area (Å²) in [5, 5.41) is 12.2. The second kappa shape index (κ2) is 7.15. The smallest absolute Gasteiger partial charge is 0.435 e. The average Bonchev–Trinajstić information content (AvgIpc) is 2.79. The molecule has 0 bridgehead atoms. The summed E-state index contributed by atoms with van der Waals surface area (Å²) in [5.74, 6) is -2.21. The first-order chi connectivity index (χ1) is 11.5. The van der Waals surface area contributed by atoms with Gasteiger partial charge in [0.15, 0.2) is 5.69 Å². The van der Waals surface area contributed by atoms with Crippen molar-refractivity contribution < 1.29 is 27.8 Å². The molecule has 0 saturated carbocycles. The molecule has 1 aromatic carbocycles. The number of ether oxygens (including phenoxy) is 1. The maximum Gasteiger partial charge on any atom is 0.435 e. The number of halogens is 6. The molecule has 0 aliphatic heterocycles. The number of aliphatic hydroxyl groups is 1. The zero-order valence-electron chi connectivity index (χ0n) is 12.2. The van der Waals surface area contributed by atoms with E-state index < -0.39 is 34.1 Å². The van der Waals surface area contributed by atoms with Crippen LogP contribution in [0.1, 0.15) is 16.1 Å². The minimum absolute atomic E-state index is 0.0697. The summed E-state index contributed by atoms with van der Waals surface area (Å²) in [7, 11) is 1.13. The van der Waals surface area contributed by atoms with Gasteiger partial charge in [0.05, 0.1) is 5.56 Å². The molecule has 1 N–H and O–H groups in total. The van der Waals surface area contributed by atoms with Gasteiger partial charge in [-0.25, -0.2) is 0 Å². The number of rotatable bonds is 4. The molecule has 0 aliphatic carbocycles. The molecule has 0 spiro atoms. The summed E-state index contributed by atoms with van der Waals surface area (Å²) in [6.45, 7) is 0. The van der Waals surface area contributed by atoms with E-state index in [0.717, 1.165) is 7.05 Å². The zero-order chi connectivity index (χ0) is 18.9. The molecule has 5 nitrogen and oxygen atoms in total. The molecule has 11 heteroatoms. The van der Waals surface area contributed by atoms with Crippen LogP contribution in [0, 0.1) is 0 Å². The van der Waals surface area contributed by atoms with Crippen molar-refractivity contribution in [1.82, 2.24) is 9.78 Å². The van der Waals surface area contributed by atoms with E-state index in [9.17, 15) is 23.1 Å². The quantitative estimate of drug-likeness (QED) is 0.431. The molecule has 2 rings (SSSR count). The summed E-state index contributed by atoms with van der Waals surface area (Å²) in [4.78, 5) is 12.4. The molecule has 0 atom stereocenters. The Morgan fingerprint density at radius 3 is 2.28 bits per heavy atom. The first-order valence-corrected chi connectivity index (χ1v) is 7.50. The molecule has 0 aliphatic rings. The van der Waals surface area contributed by atoms with Crippen molar-refractivity contribution in [3.63, 3.8) is 0 Å². The number of nitrogens with zero attached hydrogens (tertiary/aromatic N) is 2. The van der Waals surface area contributed by atoms with Crippen LogP contribution in [0.5, 0.6) is 5.75 Å². The highest BCUT2D eigenvalue weighted by molar-refractivity contribution is 6.35. The van der Waals surface area contributed by atoms with Crippen LogP contribution in [0.2, 0.25) is 15.2 Å². The average molecular weight is 416 g/mol. The number of allylic oxidation sites excluding steroid dienone is 1. The number of aryl methyl sites for hydroxylation is 1. The molecule has 0 unspecified atom stereocenters. The highest BCUT2D eigenvalue weighted by Crippen LogP contribution is 2.36. The maximum atomic E-state index is 13.1. The number of alkyl halides is 3. The van der Waals surface area contributed by atoms with Crippen LogP contribution in [0.25, 0.3) is 0 Å². The Morgan fingerprint density at radius 2 is 1.80 bits per heavy atom. The van der Waals surface area contributed by atoms with Crippen LogP contribution in [-0.4, -0.2) is 20.7 Å². The van der Waals surface area contributed by atoms with Crippen molar-refractivity contribution >= 4 is 40.6 Å². The van der Waals surface area contributed by atoms with Crippen LogP contribution >= 0.6 is 34.8 Å². The highest BCUT2D eigenvalue weighted by Gasteiger charge is 2.42. The molecule has 0 amide bonds. The van der Waals surface area contributed by atoms with Crippen molar-refractivity contribution in [2.75, 3.05) is 0 Å².